The fraction of sp³-hybridized carbons (Fsp3) is 0.524. The van der Waals surface area contributed by atoms with Gasteiger partial charge in [-0.3, -0.25) is 9.67 Å². The zero-order valence-electron chi connectivity index (χ0n) is 16.9. The highest BCUT2D eigenvalue weighted by atomic mass is 127. The molecule has 1 aromatic heterocycles. The Morgan fingerprint density at radius 1 is 1.21 bits per heavy atom. The Bertz CT molecular complexity index is 726. The van der Waals surface area contributed by atoms with Crippen molar-refractivity contribution < 1.29 is 4.74 Å². The van der Waals surface area contributed by atoms with Gasteiger partial charge in [0.05, 0.1) is 7.11 Å². The van der Waals surface area contributed by atoms with E-state index in [1.54, 1.807) is 7.11 Å². The number of aromatic nitrogens is 2. The van der Waals surface area contributed by atoms with Crippen LogP contribution in [-0.4, -0.2) is 43.0 Å². The SMILES string of the molecule is CN=C(NCCCn1cccn1)NCC1(c2ccccc2OC)CCCC1.I. The highest BCUT2D eigenvalue weighted by molar-refractivity contribution is 14.0. The maximum atomic E-state index is 5.65. The predicted molar refractivity (Wildman–Crippen MR) is 125 cm³/mol. The number of hydrogen-bond donors (Lipinski definition) is 2. The average molecular weight is 497 g/mol. The van der Waals surface area contributed by atoms with Crippen LogP contribution in [0.15, 0.2) is 47.7 Å². The van der Waals surface area contributed by atoms with E-state index in [1.165, 1.54) is 31.2 Å². The molecule has 0 aliphatic heterocycles. The summed E-state index contributed by atoms with van der Waals surface area (Å²) in [6.45, 7) is 2.63. The molecule has 2 aromatic rings. The van der Waals surface area contributed by atoms with Crippen LogP contribution in [-0.2, 0) is 12.0 Å². The van der Waals surface area contributed by atoms with Crippen molar-refractivity contribution in [3.05, 3.63) is 48.3 Å². The van der Waals surface area contributed by atoms with Crippen LogP contribution in [0.3, 0.4) is 0 Å². The van der Waals surface area contributed by atoms with Crippen LogP contribution in [0.25, 0.3) is 0 Å². The standard InChI is InChI=1S/C21H31N5O.HI/c1-22-20(23-13-7-15-26-16-8-14-25-26)24-17-21(11-5-6-12-21)18-9-3-4-10-19(18)27-2;/h3-4,8-10,14,16H,5-7,11-13,15,17H2,1-2H3,(H2,22,23,24);1H. The van der Waals surface area contributed by atoms with Gasteiger partial charge in [0.1, 0.15) is 5.75 Å². The van der Waals surface area contributed by atoms with Crippen LogP contribution < -0.4 is 15.4 Å². The van der Waals surface area contributed by atoms with E-state index in [4.69, 9.17) is 4.74 Å². The van der Waals surface area contributed by atoms with E-state index in [9.17, 15) is 0 Å². The van der Waals surface area contributed by atoms with Crippen molar-refractivity contribution in [2.75, 3.05) is 27.2 Å². The number of benzene rings is 1. The van der Waals surface area contributed by atoms with Crippen LogP contribution in [0.4, 0.5) is 0 Å². The predicted octanol–water partition coefficient (Wildman–Crippen LogP) is 3.58. The molecule has 0 bridgehead atoms. The summed E-state index contributed by atoms with van der Waals surface area (Å²) in [5.41, 5.74) is 1.42. The molecule has 7 heteroatoms. The number of methoxy groups -OCH3 is 1. The lowest BCUT2D eigenvalue weighted by atomic mass is 9.78. The van der Waals surface area contributed by atoms with Crippen molar-refractivity contribution in [3.63, 3.8) is 0 Å². The first-order valence-electron chi connectivity index (χ1n) is 9.83. The van der Waals surface area contributed by atoms with E-state index < -0.39 is 0 Å². The lowest BCUT2D eigenvalue weighted by Gasteiger charge is -2.32. The summed E-state index contributed by atoms with van der Waals surface area (Å²) in [6.07, 6.45) is 9.68. The van der Waals surface area contributed by atoms with Gasteiger partial charge in [-0.2, -0.15) is 5.10 Å². The molecule has 0 radical (unpaired) electrons. The van der Waals surface area contributed by atoms with Crippen molar-refractivity contribution >= 4 is 29.9 Å². The van der Waals surface area contributed by atoms with Crippen LogP contribution in [0, 0.1) is 0 Å². The minimum absolute atomic E-state index is 0. The molecule has 0 spiro atoms. The van der Waals surface area contributed by atoms with E-state index in [-0.39, 0.29) is 29.4 Å². The summed E-state index contributed by atoms with van der Waals surface area (Å²) in [5, 5.41) is 11.2. The Kier molecular flexibility index (Phi) is 9.08. The third-order valence-corrected chi connectivity index (χ3v) is 5.47. The largest absolute Gasteiger partial charge is 0.496 e. The fourth-order valence-corrected chi connectivity index (χ4v) is 4.03. The van der Waals surface area contributed by atoms with E-state index in [2.05, 4.69) is 38.9 Å². The van der Waals surface area contributed by atoms with Gasteiger partial charge in [-0.05, 0) is 31.4 Å². The molecule has 0 atom stereocenters. The van der Waals surface area contributed by atoms with Gasteiger partial charge in [0.15, 0.2) is 5.96 Å². The quantitative estimate of drug-likeness (QED) is 0.253. The van der Waals surface area contributed by atoms with Gasteiger partial charge in [0, 0.05) is 50.1 Å². The molecular weight excluding hydrogens is 465 g/mol. The molecule has 3 rings (SSSR count). The molecule has 1 fully saturated rings. The Morgan fingerprint density at radius 3 is 2.68 bits per heavy atom. The number of rotatable bonds is 8. The Hall–Kier alpha value is -1.77. The van der Waals surface area contributed by atoms with E-state index in [1.807, 2.05) is 36.3 Å². The first kappa shape index (κ1) is 22.5. The van der Waals surface area contributed by atoms with Gasteiger partial charge in [0.2, 0.25) is 0 Å². The monoisotopic (exact) mass is 497 g/mol. The zero-order valence-corrected chi connectivity index (χ0v) is 19.2. The zero-order chi connectivity index (χ0) is 19.0. The third kappa shape index (κ3) is 5.62. The summed E-state index contributed by atoms with van der Waals surface area (Å²) < 4.78 is 7.60. The molecule has 1 saturated carbocycles. The van der Waals surface area contributed by atoms with Gasteiger partial charge in [-0.15, -0.1) is 24.0 Å². The van der Waals surface area contributed by atoms with Crippen molar-refractivity contribution in [2.24, 2.45) is 4.99 Å². The van der Waals surface area contributed by atoms with E-state index in [0.717, 1.165) is 37.8 Å². The molecule has 2 N–H and O–H groups in total. The highest BCUT2D eigenvalue weighted by Gasteiger charge is 2.37. The molecule has 1 aromatic carbocycles. The number of nitrogens with one attached hydrogen (secondary N) is 2. The minimum atomic E-state index is 0. The first-order chi connectivity index (χ1) is 13.3. The normalized spacial score (nSPS) is 15.7. The van der Waals surface area contributed by atoms with Gasteiger partial charge >= 0.3 is 0 Å². The van der Waals surface area contributed by atoms with Crippen LogP contribution in [0.1, 0.15) is 37.7 Å². The van der Waals surface area contributed by atoms with Gasteiger partial charge < -0.3 is 15.4 Å². The number of aliphatic imine (C=N–C) groups is 1. The van der Waals surface area contributed by atoms with E-state index in [0.29, 0.717) is 0 Å². The fourth-order valence-electron chi connectivity index (χ4n) is 4.03. The average Bonchev–Trinajstić information content (AvgIpc) is 3.40. The second kappa shape index (κ2) is 11.3. The number of aryl methyl sites for hydroxylation is 1. The van der Waals surface area contributed by atoms with Crippen molar-refractivity contribution in [2.45, 2.75) is 44.1 Å². The third-order valence-electron chi connectivity index (χ3n) is 5.47. The molecule has 1 heterocycles. The number of para-hydroxylation sites is 1. The number of nitrogens with zero attached hydrogens (tertiary/aromatic N) is 3. The Balaban J connectivity index is 0.00000280. The smallest absolute Gasteiger partial charge is 0.191 e. The first-order valence-corrected chi connectivity index (χ1v) is 9.83. The number of hydrogen-bond acceptors (Lipinski definition) is 3. The highest BCUT2D eigenvalue weighted by Crippen LogP contribution is 2.44. The molecule has 154 valence electrons. The van der Waals surface area contributed by atoms with Crippen molar-refractivity contribution in [1.82, 2.24) is 20.4 Å². The minimum Gasteiger partial charge on any atom is -0.496 e. The Morgan fingerprint density at radius 2 is 2.00 bits per heavy atom. The summed E-state index contributed by atoms with van der Waals surface area (Å²) in [7, 11) is 3.59. The molecule has 1 aliphatic rings. The van der Waals surface area contributed by atoms with Crippen LogP contribution in [0.5, 0.6) is 5.75 Å². The topological polar surface area (TPSA) is 63.5 Å². The van der Waals surface area contributed by atoms with Crippen LogP contribution >= 0.6 is 24.0 Å². The molecule has 0 unspecified atom stereocenters. The lowest BCUT2D eigenvalue weighted by molar-refractivity contribution is 0.371. The maximum absolute atomic E-state index is 5.65. The van der Waals surface area contributed by atoms with Gasteiger partial charge in [-0.25, -0.2) is 0 Å². The number of halogens is 1. The molecule has 6 nitrogen and oxygen atoms in total. The number of ether oxygens (including phenoxy) is 1. The second-order valence-corrected chi connectivity index (χ2v) is 7.16. The summed E-state index contributed by atoms with van der Waals surface area (Å²) in [5.74, 6) is 1.85. The van der Waals surface area contributed by atoms with Gasteiger partial charge in [0.25, 0.3) is 0 Å². The van der Waals surface area contributed by atoms with Crippen molar-refractivity contribution in [1.29, 1.82) is 0 Å². The second-order valence-electron chi connectivity index (χ2n) is 7.16. The van der Waals surface area contributed by atoms with E-state index >= 15 is 0 Å². The van der Waals surface area contributed by atoms with Crippen LogP contribution in [0.2, 0.25) is 0 Å². The summed E-state index contributed by atoms with van der Waals surface area (Å²) in [6, 6.07) is 10.4. The van der Waals surface area contributed by atoms with Crippen molar-refractivity contribution in [3.8, 4) is 5.75 Å². The Labute approximate surface area is 185 Å². The maximum Gasteiger partial charge on any atom is 0.191 e. The molecule has 1 aliphatic carbocycles. The molecular formula is C21H32IN5O. The molecule has 0 amide bonds. The summed E-state index contributed by atoms with van der Waals surface area (Å²) >= 11 is 0. The molecule has 0 saturated heterocycles. The molecule has 28 heavy (non-hydrogen) atoms. The van der Waals surface area contributed by atoms with Gasteiger partial charge in [-0.1, -0.05) is 31.0 Å². The number of guanidine groups is 1. The lowest BCUT2D eigenvalue weighted by Crippen LogP contribution is -2.45. The summed E-state index contributed by atoms with van der Waals surface area (Å²) in [4.78, 5) is 4.39.